The van der Waals surface area contributed by atoms with E-state index in [9.17, 15) is 8.42 Å². The maximum atomic E-state index is 12.7. The fourth-order valence-electron chi connectivity index (χ4n) is 2.14. The molecule has 1 fully saturated rings. The quantitative estimate of drug-likeness (QED) is 0.869. The average Bonchev–Trinajstić information content (AvgIpc) is 2.70. The van der Waals surface area contributed by atoms with Gasteiger partial charge in [0.25, 0.3) is 0 Å². The van der Waals surface area contributed by atoms with Gasteiger partial charge in [-0.25, -0.2) is 8.42 Å². The molecule has 0 bridgehead atoms. The minimum Gasteiger partial charge on any atom is -0.326 e. The van der Waals surface area contributed by atoms with Crippen molar-refractivity contribution in [1.29, 1.82) is 0 Å². The molecule has 8 heteroatoms. The lowest BCUT2D eigenvalue weighted by atomic mass is 10.4. The zero-order chi connectivity index (χ0) is 14.2. The number of sulfonamides is 1. The smallest absolute Gasteiger partial charge is 0.245 e. The molecule has 2 unspecified atom stereocenters. The topological polar surface area (TPSA) is 63.4 Å². The number of thiophene rings is 1. The van der Waals surface area contributed by atoms with Crippen LogP contribution in [0.4, 0.5) is 0 Å². The molecular formula is C11H17BrN2O2S3. The van der Waals surface area contributed by atoms with Crippen molar-refractivity contribution in [1.82, 2.24) is 4.31 Å². The fraction of sp³-hybridized carbons (Fsp3) is 0.636. The van der Waals surface area contributed by atoms with Gasteiger partial charge in [0, 0.05) is 35.0 Å². The second-order valence-electron chi connectivity index (χ2n) is 4.63. The van der Waals surface area contributed by atoms with Gasteiger partial charge in [-0.1, -0.05) is 13.8 Å². The molecule has 1 aromatic rings. The molecule has 4 nitrogen and oxygen atoms in total. The molecule has 0 aliphatic carbocycles. The Balaban J connectivity index is 2.33. The first kappa shape index (κ1) is 15.8. The minimum atomic E-state index is -3.42. The maximum Gasteiger partial charge on any atom is 0.245 e. The van der Waals surface area contributed by atoms with Crippen molar-refractivity contribution in [2.75, 3.05) is 13.1 Å². The third kappa shape index (κ3) is 3.36. The van der Waals surface area contributed by atoms with Gasteiger partial charge in [-0.05, 0) is 22.0 Å². The third-order valence-corrected chi connectivity index (χ3v) is 8.25. The van der Waals surface area contributed by atoms with Gasteiger partial charge >= 0.3 is 0 Å². The van der Waals surface area contributed by atoms with Gasteiger partial charge in [0.1, 0.15) is 4.90 Å². The Labute approximate surface area is 130 Å². The van der Waals surface area contributed by atoms with E-state index in [-0.39, 0.29) is 0 Å². The highest BCUT2D eigenvalue weighted by Crippen LogP contribution is 2.35. The van der Waals surface area contributed by atoms with Gasteiger partial charge in [0.2, 0.25) is 10.0 Å². The van der Waals surface area contributed by atoms with Crippen molar-refractivity contribution >= 4 is 49.1 Å². The van der Waals surface area contributed by atoms with Gasteiger partial charge in [-0.3, -0.25) is 0 Å². The van der Waals surface area contributed by atoms with Crippen molar-refractivity contribution < 1.29 is 8.42 Å². The Kier molecular flexibility index (Phi) is 5.01. The second-order valence-corrected chi connectivity index (χ2v) is 10.9. The molecule has 2 rings (SSSR count). The summed E-state index contributed by atoms with van der Waals surface area (Å²) >= 11 is 6.56. The van der Waals surface area contributed by atoms with E-state index in [1.165, 1.54) is 11.3 Å². The molecule has 1 aliphatic heterocycles. The molecule has 2 N–H and O–H groups in total. The monoisotopic (exact) mass is 384 g/mol. The highest BCUT2D eigenvalue weighted by atomic mass is 79.9. The summed E-state index contributed by atoms with van der Waals surface area (Å²) < 4.78 is 27.6. The maximum absolute atomic E-state index is 12.7. The van der Waals surface area contributed by atoms with Crippen LogP contribution in [0.15, 0.2) is 14.7 Å². The van der Waals surface area contributed by atoms with E-state index in [2.05, 4.69) is 29.8 Å². The molecule has 108 valence electrons. The summed E-state index contributed by atoms with van der Waals surface area (Å²) in [6.07, 6.45) is 0. The summed E-state index contributed by atoms with van der Waals surface area (Å²) in [5.41, 5.74) is 5.58. The van der Waals surface area contributed by atoms with Crippen LogP contribution in [0.3, 0.4) is 0 Å². The highest BCUT2D eigenvalue weighted by molar-refractivity contribution is 9.11. The van der Waals surface area contributed by atoms with Crippen LogP contribution in [0, 0.1) is 0 Å². The van der Waals surface area contributed by atoms with Crippen LogP contribution in [0.5, 0.6) is 0 Å². The first-order valence-corrected chi connectivity index (χ1v) is 9.97. The standard InChI is InChI=1S/C11H17BrN2O2S3/c1-7-5-14(6-8(2)17-7)19(15,16)10-3-9(4-13)18-11(10)12/h3,7-8H,4-6,13H2,1-2H3. The Morgan fingerprint density at radius 2 is 2.00 bits per heavy atom. The Morgan fingerprint density at radius 3 is 2.47 bits per heavy atom. The van der Waals surface area contributed by atoms with Crippen LogP contribution < -0.4 is 5.73 Å². The Morgan fingerprint density at radius 1 is 1.42 bits per heavy atom. The van der Waals surface area contributed by atoms with E-state index >= 15 is 0 Å². The molecular weight excluding hydrogens is 368 g/mol. The lowest BCUT2D eigenvalue weighted by Gasteiger charge is -2.33. The molecule has 19 heavy (non-hydrogen) atoms. The molecule has 2 heterocycles. The SMILES string of the molecule is CC1CN(S(=O)(=O)c2cc(CN)sc2Br)CC(C)S1. The molecule has 0 spiro atoms. The van der Waals surface area contributed by atoms with Gasteiger partial charge < -0.3 is 5.73 Å². The Hall–Kier alpha value is 0.400. The van der Waals surface area contributed by atoms with Crippen molar-refractivity contribution in [2.45, 2.75) is 35.8 Å². The van der Waals surface area contributed by atoms with Crippen LogP contribution >= 0.6 is 39.0 Å². The number of rotatable bonds is 3. The number of hydrogen-bond donors (Lipinski definition) is 1. The second kappa shape index (κ2) is 6.03. The van der Waals surface area contributed by atoms with E-state index in [4.69, 9.17) is 5.73 Å². The summed E-state index contributed by atoms with van der Waals surface area (Å²) in [7, 11) is -3.42. The summed E-state index contributed by atoms with van der Waals surface area (Å²) in [5.74, 6) is 0. The number of nitrogens with zero attached hydrogens (tertiary/aromatic N) is 1. The normalized spacial score (nSPS) is 25.7. The number of hydrogen-bond acceptors (Lipinski definition) is 5. The lowest BCUT2D eigenvalue weighted by Crippen LogP contribution is -2.43. The van der Waals surface area contributed by atoms with E-state index in [0.717, 1.165) is 4.88 Å². The van der Waals surface area contributed by atoms with Crippen LogP contribution in [0.1, 0.15) is 18.7 Å². The largest absolute Gasteiger partial charge is 0.326 e. The van der Waals surface area contributed by atoms with Gasteiger partial charge in [0.15, 0.2) is 0 Å². The average molecular weight is 385 g/mol. The first-order valence-electron chi connectivity index (χ1n) is 5.98. The highest BCUT2D eigenvalue weighted by Gasteiger charge is 2.34. The van der Waals surface area contributed by atoms with Gasteiger partial charge in [0.05, 0.1) is 3.79 Å². The van der Waals surface area contributed by atoms with E-state index in [1.54, 1.807) is 10.4 Å². The lowest BCUT2D eigenvalue weighted by molar-refractivity contribution is 0.405. The van der Waals surface area contributed by atoms with Crippen molar-refractivity contribution in [2.24, 2.45) is 5.73 Å². The summed E-state index contributed by atoms with van der Waals surface area (Å²) in [4.78, 5) is 1.22. The molecule has 0 saturated carbocycles. The molecule has 1 aromatic heterocycles. The van der Waals surface area contributed by atoms with E-state index < -0.39 is 10.0 Å². The number of thioether (sulfide) groups is 1. The number of nitrogens with two attached hydrogens (primary N) is 1. The summed E-state index contributed by atoms with van der Waals surface area (Å²) in [6.45, 7) is 5.63. The van der Waals surface area contributed by atoms with E-state index in [0.29, 0.717) is 38.8 Å². The van der Waals surface area contributed by atoms with Crippen LogP contribution in [0.2, 0.25) is 0 Å². The van der Waals surface area contributed by atoms with Gasteiger partial charge in [-0.15, -0.1) is 11.3 Å². The molecule has 0 radical (unpaired) electrons. The van der Waals surface area contributed by atoms with Crippen molar-refractivity contribution in [3.8, 4) is 0 Å². The Bertz CT molecular complexity index is 548. The van der Waals surface area contributed by atoms with Crippen LogP contribution in [-0.2, 0) is 16.6 Å². The first-order chi connectivity index (χ1) is 8.84. The van der Waals surface area contributed by atoms with E-state index in [1.807, 2.05) is 11.8 Å². The molecule has 1 saturated heterocycles. The van der Waals surface area contributed by atoms with Crippen molar-refractivity contribution in [3.05, 3.63) is 14.7 Å². The zero-order valence-corrected chi connectivity index (χ0v) is 14.8. The predicted molar refractivity (Wildman–Crippen MR) is 85.2 cm³/mol. The molecule has 0 aromatic carbocycles. The van der Waals surface area contributed by atoms with Crippen LogP contribution in [0.25, 0.3) is 0 Å². The van der Waals surface area contributed by atoms with Gasteiger partial charge in [-0.2, -0.15) is 16.1 Å². The molecule has 0 amide bonds. The van der Waals surface area contributed by atoms with Crippen LogP contribution in [-0.4, -0.2) is 36.3 Å². The fourth-order valence-corrected chi connectivity index (χ4v) is 7.78. The summed E-state index contributed by atoms with van der Waals surface area (Å²) in [6, 6.07) is 1.68. The third-order valence-electron chi connectivity index (χ3n) is 2.91. The predicted octanol–water partition coefficient (Wildman–Crippen LogP) is 2.48. The minimum absolute atomic E-state index is 0.324. The molecule has 2 atom stereocenters. The number of halogens is 1. The summed E-state index contributed by atoms with van der Waals surface area (Å²) in [5, 5.41) is 0.648. The molecule has 1 aliphatic rings. The van der Waals surface area contributed by atoms with Crippen molar-refractivity contribution in [3.63, 3.8) is 0 Å². The zero-order valence-electron chi connectivity index (χ0n) is 10.8.